The van der Waals surface area contributed by atoms with Crippen LogP contribution >= 0.6 is 0 Å². The van der Waals surface area contributed by atoms with Crippen LogP contribution < -0.4 is 14.5 Å². The molecule has 0 atom stereocenters. The summed E-state index contributed by atoms with van der Waals surface area (Å²) in [6, 6.07) is 87.0. The van der Waals surface area contributed by atoms with Crippen molar-refractivity contribution in [1.82, 2.24) is 0 Å². The van der Waals surface area contributed by atoms with Crippen LogP contribution in [-0.2, 0) is 0 Å². The Kier molecular flexibility index (Phi) is 8.83. The molecule has 1 aliphatic rings. The van der Waals surface area contributed by atoms with Crippen molar-refractivity contribution >= 4 is 66.4 Å². The molecule has 0 N–H and O–H groups in total. The van der Waals surface area contributed by atoms with Gasteiger partial charge in [0.1, 0.15) is 11.5 Å². The number of para-hydroxylation sites is 2. The number of rotatable bonds is 8. The van der Waals surface area contributed by atoms with Crippen LogP contribution in [0.3, 0.4) is 0 Å². The zero-order chi connectivity index (χ0) is 41.7. The number of hydrogen-bond acceptors (Lipinski definition) is 3. The van der Waals surface area contributed by atoms with E-state index in [4.69, 9.17) is 4.74 Å². The summed E-state index contributed by atoms with van der Waals surface area (Å²) in [7, 11) is 0. The Balaban J connectivity index is 1.04. The molecular formula is C60H40N2O. The molecule has 0 unspecified atom stereocenters. The van der Waals surface area contributed by atoms with Gasteiger partial charge >= 0.3 is 0 Å². The lowest BCUT2D eigenvalue weighted by atomic mass is 9.91. The van der Waals surface area contributed by atoms with Gasteiger partial charge in [-0.15, -0.1) is 0 Å². The minimum atomic E-state index is 0.827. The van der Waals surface area contributed by atoms with Crippen LogP contribution in [0.2, 0.25) is 0 Å². The van der Waals surface area contributed by atoms with E-state index in [0.717, 1.165) is 67.5 Å². The highest BCUT2D eigenvalue weighted by Gasteiger charge is 2.28. The average Bonchev–Trinajstić information content (AvgIpc) is 3.36. The van der Waals surface area contributed by atoms with Crippen LogP contribution in [0, 0.1) is 0 Å². The van der Waals surface area contributed by atoms with Gasteiger partial charge in [0.05, 0.1) is 11.4 Å². The van der Waals surface area contributed by atoms with Gasteiger partial charge < -0.3 is 14.5 Å². The van der Waals surface area contributed by atoms with E-state index in [0.29, 0.717) is 0 Å². The Morgan fingerprint density at radius 2 is 0.714 bits per heavy atom. The number of fused-ring (bicyclic) bond motifs is 4. The first-order chi connectivity index (χ1) is 31.3. The zero-order valence-electron chi connectivity index (χ0n) is 34.4. The van der Waals surface area contributed by atoms with Crippen LogP contribution in [-0.4, -0.2) is 0 Å². The van der Waals surface area contributed by atoms with Crippen molar-refractivity contribution in [2.45, 2.75) is 0 Å². The fourth-order valence-electron chi connectivity index (χ4n) is 9.57. The van der Waals surface area contributed by atoms with E-state index in [2.05, 4.69) is 252 Å². The Hall–Kier alpha value is -8.40. The average molecular weight is 805 g/mol. The summed E-state index contributed by atoms with van der Waals surface area (Å²) >= 11 is 0. The van der Waals surface area contributed by atoms with Crippen LogP contribution in [0.5, 0.6) is 11.5 Å². The number of anilines is 6. The number of nitrogens with zero attached hydrogens (tertiary/aromatic N) is 2. The lowest BCUT2D eigenvalue weighted by Gasteiger charge is -2.32. The molecule has 0 saturated carbocycles. The Bertz CT molecular complexity index is 3300. The van der Waals surface area contributed by atoms with Gasteiger partial charge in [0.25, 0.3) is 0 Å². The Labute approximate surface area is 367 Å². The second-order valence-corrected chi connectivity index (χ2v) is 16.1. The Morgan fingerprint density at radius 3 is 1.30 bits per heavy atom. The maximum Gasteiger partial charge on any atom is 0.137 e. The van der Waals surface area contributed by atoms with Gasteiger partial charge in [-0.2, -0.15) is 0 Å². The molecule has 0 aliphatic carbocycles. The van der Waals surface area contributed by atoms with Crippen LogP contribution in [0.25, 0.3) is 65.7 Å². The molecule has 11 aromatic rings. The highest BCUT2D eigenvalue weighted by molar-refractivity contribution is 6.13. The molecule has 3 heteroatoms. The maximum atomic E-state index is 6.95. The molecule has 0 fully saturated rings. The van der Waals surface area contributed by atoms with Gasteiger partial charge in [-0.05, 0) is 122 Å². The maximum absolute atomic E-state index is 6.95. The van der Waals surface area contributed by atoms with Gasteiger partial charge in [-0.1, -0.05) is 170 Å². The topological polar surface area (TPSA) is 15.7 Å². The molecular weight excluding hydrogens is 765 g/mol. The quantitative estimate of drug-likeness (QED) is 0.152. The van der Waals surface area contributed by atoms with Crippen molar-refractivity contribution in [3.63, 3.8) is 0 Å². The van der Waals surface area contributed by atoms with Gasteiger partial charge in [0, 0.05) is 39.1 Å². The second-order valence-electron chi connectivity index (χ2n) is 16.1. The Morgan fingerprint density at radius 1 is 0.270 bits per heavy atom. The largest absolute Gasteiger partial charge is 0.456 e. The first kappa shape index (κ1) is 36.5. The van der Waals surface area contributed by atoms with Gasteiger partial charge in [-0.3, -0.25) is 0 Å². The molecule has 11 aromatic carbocycles. The smallest absolute Gasteiger partial charge is 0.137 e. The van der Waals surface area contributed by atoms with Crippen molar-refractivity contribution in [2.24, 2.45) is 0 Å². The minimum Gasteiger partial charge on any atom is -0.456 e. The SMILES string of the molecule is c1ccc(N(c2ccccc2)c2ccc3c4c(cccc24)-c2c(cccc2N(c2ccc(-c4cccc5ccccc45)cc2)c2ccc(-c4cccc5ccccc45)cc2)O3)cc1. The van der Waals surface area contributed by atoms with E-state index in [-0.39, 0.29) is 0 Å². The van der Waals surface area contributed by atoms with Crippen LogP contribution in [0.4, 0.5) is 34.1 Å². The second kappa shape index (κ2) is 15.3. The number of ether oxygens (including phenoxy) is 1. The van der Waals surface area contributed by atoms with Crippen LogP contribution in [0.15, 0.2) is 243 Å². The molecule has 296 valence electrons. The van der Waals surface area contributed by atoms with E-state index in [1.54, 1.807) is 0 Å². The van der Waals surface area contributed by atoms with E-state index in [9.17, 15) is 0 Å². The lowest BCUT2D eigenvalue weighted by molar-refractivity contribution is 0.487. The fourth-order valence-corrected chi connectivity index (χ4v) is 9.57. The fraction of sp³-hybridized carbons (Fsp3) is 0. The summed E-state index contributed by atoms with van der Waals surface area (Å²) in [4.78, 5) is 4.72. The van der Waals surface area contributed by atoms with E-state index >= 15 is 0 Å². The predicted molar refractivity (Wildman–Crippen MR) is 265 cm³/mol. The third-order valence-corrected chi connectivity index (χ3v) is 12.4. The first-order valence-electron chi connectivity index (χ1n) is 21.5. The molecule has 12 rings (SSSR count). The summed E-state index contributed by atoms with van der Waals surface area (Å²) in [5.74, 6) is 1.67. The normalized spacial score (nSPS) is 11.6. The van der Waals surface area contributed by atoms with E-state index in [1.807, 2.05) is 0 Å². The summed E-state index contributed by atoms with van der Waals surface area (Å²) in [5, 5.41) is 7.15. The van der Waals surface area contributed by atoms with Crippen molar-refractivity contribution in [3.05, 3.63) is 243 Å². The molecule has 0 amide bonds. The van der Waals surface area contributed by atoms with Crippen LogP contribution in [0.1, 0.15) is 0 Å². The minimum absolute atomic E-state index is 0.827. The first-order valence-corrected chi connectivity index (χ1v) is 21.5. The van der Waals surface area contributed by atoms with Crippen molar-refractivity contribution in [2.75, 3.05) is 9.80 Å². The summed E-state index contributed by atoms with van der Waals surface area (Å²) in [6.07, 6.45) is 0. The van der Waals surface area contributed by atoms with E-state index in [1.165, 1.54) is 43.8 Å². The summed E-state index contributed by atoms with van der Waals surface area (Å²) in [6.45, 7) is 0. The molecule has 0 aromatic heterocycles. The van der Waals surface area contributed by atoms with Gasteiger partial charge in [0.2, 0.25) is 0 Å². The number of hydrogen-bond donors (Lipinski definition) is 0. The molecule has 0 spiro atoms. The van der Waals surface area contributed by atoms with Crippen molar-refractivity contribution in [3.8, 4) is 44.9 Å². The molecule has 0 saturated heterocycles. The van der Waals surface area contributed by atoms with Gasteiger partial charge in [0.15, 0.2) is 0 Å². The predicted octanol–water partition coefficient (Wildman–Crippen LogP) is 17.2. The standard InChI is InChI=1S/C60H40N2O/c1-3-19-45(20-4-1)61(46-21-5-2-6-22-46)55-39-40-58-59-53(55)27-13-28-54(59)60-56(29-14-30-57(60)63-58)62(47-35-31-43(32-36-47)51-25-11-17-41-15-7-9-23-49(41)51)48-37-33-44(34-38-48)52-26-12-18-42-16-8-10-24-50(42)52/h1-40H. The third kappa shape index (κ3) is 6.29. The zero-order valence-corrected chi connectivity index (χ0v) is 34.4. The molecule has 1 aliphatic heterocycles. The van der Waals surface area contributed by atoms with Crippen molar-refractivity contribution < 1.29 is 4.74 Å². The molecule has 0 radical (unpaired) electrons. The molecule has 3 nitrogen and oxygen atoms in total. The van der Waals surface area contributed by atoms with Crippen molar-refractivity contribution in [1.29, 1.82) is 0 Å². The third-order valence-electron chi connectivity index (χ3n) is 12.4. The monoisotopic (exact) mass is 804 g/mol. The summed E-state index contributed by atoms with van der Waals surface area (Å²) in [5.41, 5.74) is 13.4. The molecule has 63 heavy (non-hydrogen) atoms. The molecule has 0 bridgehead atoms. The lowest BCUT2D eigenvalue weighted by Crippen LogP contribution is -2.13. The highest BCUT2D eigenvalue weighted by Crippen LogP contribution is 2.55. The van der Waals surface area contributed by atoms with E-state index < -0.39 is 0 Å². The highest BCUT2D eigenvalue weighted by atomic mass is 16.5. The molecule has 1 heterocycles. The number of benzene rings is 11. The van der Waals surface area contributed by atoms with Gasteiger partial charge in [-0.25, -0.2) is 0 Å². The summed E-state index contributed by atoms with van der Waals surface area (Å²) < 4.78 is 6.95.